The van der Waals surface area contributed by atoms with Crippen LogP contribution < -0.4 is 10.6 Å². The van der Waals surface area contributed by atoms with Gasteiger partial charge in [0, 0.05) is 12.5 Å². The minimum Gasteiger partial charge on any atom is -0.467 e. The lowest BCUT2D eigenvalue weighted by Crippen LogP contribution is -2.42. The molecule has 1 aromatic carbocycles. The number of methoxy groups -OCH3 is 2. The molecular weight excluding hydrogens is 352 g/mol. The summed E-state index contributed by atoms with van der Waals surface area (Å²) in [6, 6.07) is 7.04. The molecule has 1 rings (SSSR count). The summed E-state index contributed by atoms with van der Waals surface area (Å²) in [4.78, 5) is 47.0. The van der Waals surface area contributed by atoms with E-state index in [9.17, 15) is 19.2 Å². The van der Waals surface area contributed by atoms with Crippen molar-refractivity contribution >= 4 is 23.8 Å². The predicted molar refractivity (Wildman–Crippen MR) is 97.8 cm³/mol. The Hall–Kier alpha value is -2.90. The molecule has 2 atom stereocenters. The number of rotatable bonds is 10. The summed E-state index contributed by atoms with van der Waals surface area (Å²) in [5, 5.41) is 5.19. The van der Waals surface area contributed by atoms with Crippen molar-refractivity contribution in [2.75, 3.05) is 14.2 Å². The first kappa shape index (κ1) is 22.1. The number of esters is 2. The van der Waals surface area contributed by atoms with Crippen LogP contribution in [-0.4, -0.2) is 50.1 Å². The van der Waals surface area contributed by atoms with E-state index in [1.807, 2.05) is 0 Å². The summed E-state index contributed by atoms with van der Waals surface area (Å²) in [5.74, 6) is -1.75. The molecule has 148 valence electrons. The van der Waals surface area contributed by atoms with E-state index in [2.05, 4.69) is 15.4 Å². The molecule has 2 unspecified atom stereocenters. The number of hydrogen-bond donors (Lipinski definition) is 2. The smallest absolute Gasteiger partial charge is 0.328 e. The van der Waals surface area contributed by atoms with Crippen molar-refractivity contribution < 1.29 is 28.7 Å². The molecule has 0 bridgehead atoms. The number of nitrogens with one attached hydrogen (secondary N) is 2. The zero-order valence-electron chi connectivity index (χ0n) is 15.8. The first-order valence-corrected chi connectivity index (χ1v) is 8.67. The zero-order chi connectivity index (χ0) is 20.2. The largest absolute Gasteiger partial charge is 0.467 e. The maximum absolute atomic E-state index is 12.2. The van der Waals surface area contributed by atoms with Gasteiger partial charge in [-0.2, -0.15) is 0 Å². The molecule has 0 fully saturated rings. The lowest BCUT2D eigenvalue weighted by atomic mass is 10.0. The lowest BCUT2D eigenvalue weighted by molar-refractivity contribution is -0.145. The highest BCUT2D eigenvalue weighted by Crippen LogP contribution is 2.10. The first-order chi connectivity index (χ1) is 12.9. The molecule has 0 saturated heterocycles. The van der Waals surface area contributed by atoms with E-state index in [1.54, 1.807) is 30.3 Å². The molecule has 2 amide bonds. The van der Waals surface area contributed by atoms with E-state index >= 15 is 0 Å². The Morgan fingerprint density at radius 2 is 1.33 bits per heavy atom. The number of hydrogen-bond acceptors (Lipinski definition) is 6. The molecule has 1 aromatic rings. The second kappa shape index (κ2) is 11.7. The number of benzene rings is 1. The van der Waals surface area contributed by atoms with Crippen LogP contribution in [0.1, 0.15) is 43.0 Å². The van der Waals surface area contributed by atoms with Crippen molar-refractivity contribution in [2.24, 2.45) is 0 Å². The van der Waals surface area contributed by atoms with E-state index in [-0.39, 0.29) is 11.8 Å². The normalized spacial score (nSPS) is 12.4. The van der Waals surface area contributed by atoms with Gasteiger partial charge >= 0.3 is 11.9 Å². The Kier molecular flexibility index (Phi) is 9.57. The Morgan fingerprint density at radius 3 is 1.78 bits per heavy atom. The monoisotopic (exact) mass is 378 g/mol. The quantitative estimate of drug-likeness (QED) is 0.467. The van der Waals surface area contributed by atoms with E-state index in [0.717, 1.165) is 0 Å². The number of unbranched alkanes of at least 4 members (excludes halogenated alkanes) is 1. The molecular formula is C19H26N2O6. The van der Waals surface area contributed by atoms with Crippen molar-refractivity contribution in [3.05, 3.63) is 35.9 Å². The van der Waals surface area contributed by atoms with Crippen LogP contribution in [0, 0.1) is 0 Å². The summed E-state index contributed by atoms with van der Waals surface area (Å²) in [6.07, 6.45) is 1.81. The SMILES string of the molecule is COC(=O)C(CCCCC(NC(=O)c1ccccc1)C(=O)OC)NC(C)=O. The van der Waals surface area contributed by atoms with Crippen LogP contribution in [0.5, 0.6) is 0 Å². The molecule has 0 aliphatic heterocycles. The third-order valence-electron chi connectivity index (χ3n) is 3.93. The highest BCUT2D eigenvalue weighted by molar-refractivity contribution is 5.96. The van der Waals surface area contributed by atoms with Gasteiger partial charge in [-0.05, 0) is 25.0 Å². The minimum atomic E-state index is -0.792. The van der Waals surface area contributed by atoms with E-state index in [0.29, 0.717) is 31.2 Å². The van der Waals surface area contributed by atoms with Crippen LogP contribution in [0.3, 0.4) is 0 Å². The van der Waals surface area contributed by atoms with Crippen molar-refractivity contribution in [1.82, 2.24) is 10.6 Å². The molecule has 8 nitrogen and oxygen atoms in total. The fraction of sp³-hybridized carbons (Fsp3) is 0.474. The van der Waals surface area contributed by atoms with Crippen molar-refractivity contribution in [3.8, 4) is 0 Å². The Morgan fingerprint density at radius 1 is 0.852 bits per heavy atom. The predicted octanol–water partition coefficient (Wildman–Crippen LogP) is 1.20. The third-order valence-corrected chi connectivity index (χ3v) is 3.93. The maximum atomic E-state index is 12.2. The standard InChI is InChI=1S/C19H26N2O6/c1-13(22)20-15(18(24)26-2)11-7-8-12-16(19(25)27-3)21-17(23)14-9-5-4-6-10-14/h4-6,9-10,15-16H,7-8,11-12H2,1-3H3,(H,20,22)(H,21,23). The van der Waals surface area contributed by atoms with Crippen LogP contribution in [0.4, 0.5) is 0 Å². The molecule has 0 saturated carbocycles. The van der Waals surface area contributed by atoms with E-state index in [4.69, 9.17) is 4.74 Å². The van der Waals surface area contributed by atoms with Gasteiger partial charge in [0.25, 0.3) is 5.91 Å². The molecule has 2 N–H and O–H groups in total. The van der Waals surface area contributed by atoms with Crippen molar-refractivity contribution in [1.29, 1.82) is 0 Å². The van der Waals surface area contributed by atoms with Gasteiger partial charge in [0.05, 0.1) is 14.2 Å². The Balaban J connectivity index is 2.57. The average Bonchev–Trinajstić information content (AvgIpc) is 2.68. The number of ether oxygens (including phenoxy) is 2. The van der Waals surface area contributed by atoms with Gasteiger partial charge in [0.2, 0.25) is 5.91 Å². The minimum absolute atomic E-state index is 0.326. The number of amides is 2. The first-order valence-electron chi connectivity index (χ1n) is 8.67. The molecule has 0 aliphatic rings. The third kappa shape index (κ3) is 7.89. The van der Waals surface area contributed by atoms with E-state index in [1.165, 1.54) is 21.1 Å². The van der Waals surface area contributed by atoms with Gasteiger partial charge in [-0.15, -0.1) is 0 Å². The second-order valence-corrected chi connectivity index (χ2v) is 5.98. The van der Waals surface area contributed by atoms with Crippen LogP contribution in [0.25, 0.3) is 0 Å². The van der Waals surface area contributed by atoms with Crippen LogP contribution >= 0.6 is 0 Å². The highest BCUT2D eigenvalue weighted by Gasteiger charge is 2.23. The summed E-state index contributed by atoms with van der Waals surface area (Å²) in [5.41, 5.74) is 0.447. The van der Waals surface area contributed by atoms with Crippen molar-refractivity contribution in [2.45, 2.75) is 44.7 Å². The Bertz CT molecular complexity index is 647. The fourth-order valence-corrected chi connectivity index (χ4v) is 2.56. The summed E-state index contributed by atoms with van der Waals surface area (Å²) < 4.78 is 9.41. The summed E-state index contributed by atoms with van der Waals surface area (Å²) in [7, 11) is 2.51. The average molecular weight is 378 g/mol. The number of carbonyl (C=O) groups is 4. The molecule has 0 spiro atoms. The maximum Gasteiger partial charge on any atom is 0.328 e. The molecule has 27 heavy (non-hydrogen) atoms. The van der Waals surface area contributed by atoms with Crippen molar-refractivity contribution in [3.63, 3.8) is 0 Å². The molecule has 8 heteroatoms. The van der Waals surface area contributed by atoms with Gasteiger partial charge in [0.1, 0.15) is 12.1 Å². The van der Waals surface area contributed by atoms with Gasteiger partial charge in [0.15, 0.2) is 0 Å². The van der Waals surface area contributed by atoms with E-state index < -0.39 is 24.0 Å². The number of carbonyl (C=O) groups excluding carboxylic acids is 4. The van der Waals surface area contributed by atoms with Gasteiger partial charge < -0.3 is 20.1 Å². The molecule has 0 radical (unpaired) electrons. The molecule has 0 aliphatic carbocycles. The highest BCUT2D eigenvalue weighted by atomic mass is 16.5. The zero-order valence-corrected chi connectivity index (χ0v) is 15.8. The van der Waals surface area contributed by atoms with Gasteiger partial charge in [-0.25, -0.2) is 9.59 Å². The lowest BCUT2D eigenvalue weighted by Gasteiger charge is -2.18. The van der Waals surface area contributed by atoms with Gasteiger partial charge in [-0.3, -0.25) is 9.59 Å². The molecule has 0 aromatic heterocycles. The van der Waals surface area contributed by atoms with Crippen LogP contribution in [0.2, 0.25) is 0 Å². The van der Waals surface area contributed by atoms with Gasteiger partial charge in [-0.1, -0.05) is 31.0 Å². The summed E-state index contributed by atoms with van der Waals surface area (Å²) >= 11 is 0. The summed E-state index contributed by atoms with van der Waals surface area (Å²) in [6.45, 7) is 1.32. The van der Waals surface area contributed by atoms with Crippen LogP contribution in [0.15, 0.2) is 30.3 Å². The fourth-order valence-electron chi connectivity index (χ4n) is 2.56. The second-order valence-electron chi connectivity index (χ2n) is 5.98. The van der Waals surface area contributed by atoms with Crippen LogP contribution in [-0.2, 0) is 23.9 Å². The molecule has 0 heterocycles. The Labute approximate surface area is 158 Å². The topological polar surface area (TPSA) is 111 Å².